The first kappa shape index (κ1) is 19.8. The minimum atomic E-state index is -3.47. The van der Waals surface area contributed by atoms with Crippen LogP contribution in [0.3, 0.4) is 0 Å². The molecule has 30 heavy (non-hydrogen) atoms. The summed E-state index contributed by atoms with van der Waals surface area (Å²) in [5, 5.41) is 2.93. The SMILES string of the molecule is O=C(c1ccc2[nH]c3c(c2c1)CCCC3)N1CCC(NS(=O)(=O)c2cccs2)CC1. The Morgan fingerprint density at radius 3 is 2.70 bits per heavy atom. The predicted octanol–water partition coefficient (Wildman–Crippen LogP) is 3.69. The molecule has 6 nitrogen and oxygen atoms in total. The monoisotopic (exact) mass is 443 g/mol. The lowest BCUT2D eigenvalue weighted by atomic mass is 9.95. The number of nitrogens with one attached hydrogen (secondary N) is 2. The largest absolute Gasteiger partial charge is 0.358 e. The first-order valence-corrected chi connectivity index (χ1v) is 12.9. The number of carbonyl (C=O) groups is 1. The second-order valence-corrected chi connectivity index (χ2v) is 11.1. The number of nitrogens with zero attached hydrogens (tertiary/aromatic N) is 1. The van der Waals surface area contributed by atoms with Crippen molar-refractivity contribution in [3.63, 3.8) is 0 Å². The number of likely N-dealkylation sites (tertiary alicyclic amines) is 1. The molecular formula is C22H25N3O3S2. The molecule has 8 heteroatoms. The molecule has 1 fully saturated rings. The maximum atomic E-state index is 13.1. The molecule has 3 aromatic rings. The third-order valence-corrected chi connectivity index (χ3v) is 9.13. The van der Waals surface area contributed by atoms with E-state index in [1.807, 2.05) is 23.1 Å². The standard InChI is InChI=1S/C22H25N3O3S2/c26-22(15-7-8-20-18(14-15)17-4-1-2-5-19(17)23-20)25-11-9-16(10-12-25)24-30(27,28)21-6-3-13-29-21/h3,6-8,13-14,16,23-24H,1-2,4-5,9-12H2. The van der Waals surface area contributed by atoms with Crippen LogP contribution >= 0.6 is 11.3 Å². The second kappa shape index (κ2) is 7.83. The topological polar surface area (TPSA) is 82.3 Å². The highest BCUT2D eigenvalue weighted by Crippen LogP contribution is 2.30. The molecule has 5 rings (SSSR count). The number of amides is 1. The average molecular weight is 444 g/mol. The predicted molar refractivity (Wildman–Crippen MR) is 119 cm³/mol. The summed E-state index contributed by atoms with van der Waals surface area (Å²) in [5.74, 6) is 0.0298. The highest BCUT2D eigenvalue weighted by molar-refractivity contribution is 7.91. The van der Waals surface area contributed by atoms with Crippen LogP contribution in [0.15, 0.2) is 39.9 Å². The Morgan fingerprint density at radius 2 is 1.93 bits per heavy atom. The highest BCUT2D eigenvalue weighted by atomic mass is 32.2. The molecule has 2 N–H and O–H groups in total. The number of sulfonamides is 1. The minimum Gasteiger partial charge on any atom is -0.358 e. The summed E-state index contributed by atoms with van der Waals surface area (Å²) < 4.78 is 28.0. The molecule has 0 atom stereocenters. The summed E-state index contributed by atoms with van der Waals surface area (Å²) in [4.78, 5) is 18.4. The summed E-state index contributed by atoms with van der Waals surface area (Å²) in [6.45, 7) is 1.11. The molecule has 2 aliphatic rings. The Labute approximate surface area is 180 Å². The summed E-state index contributed by atoms with van der Waals surface area (Å²) >= 11 is 1.21. The number of aromatic amines is 1. The van der Waals surface area contributed by atoms with E-state index in [2.05, 4.69) is 9.71 Å². The Hall–Kier alpha value is -2.16. The number of aromatic nitrogens is 1. The van der Waals surface area contributed by atoms with Crippen LogP contribution in [0.5, 0.6) is 0 Å². The number of benzene rings is 1. The lowest BCUT2D eigenvalue weighted by molar-refractivity contribution is 0.0711. The summed E-state index contributed by atoms with van der Waals surface area (Å²) in [6, 6.07) is 9.16. The first-order chi connectivity index (χ1) is 14.5. The van der Waals surface area contributed by atoms with Gasteiger partial charge < -0.3 is 9.88 Å². The van der Waals surface area contributed by atoms with Crippen molar-refractivity contribution in [1.82, 2.24) is 14.6 Å². The molecular weight excluding hydrogens is 418 g/mol. The summed E-state index contributed by atoms with van der Waals surface area (Å²) in [5.41, 5.74) is 4.51. The molecule has 0 saturated carbocycles. The van der Waals surface area contributed by atoms with Gasteiger partial charge in [-0.15, -0.1) is 11.3 Å². The number of piperidine rings is 1. The van der Waals surface area contributed by atoms with E-state index in [4.69, 9.17) is 0 Å². The van der Waals surface area contributed by atoms with Crippen LogP contribution in [0.4, 0.5) is 0 Å². The molecule has 1 amide bonds. The quantitative estimate of drug-likeness (QED) is 0.645. The molecule has 0 spiro atoms. The van der Waals surface area contributed by atoms with Crippen LogP contribution in [0.25, 0.3) is 10.9 Å². The zero-order valence-corrected chi connectivity index (χ0v) is 18.3. The number of thiophene rings is 1. The van der Waals surface area contributed by atoms with Gasteiger partial charge in [0.15, 0.2) is 0 Å². The van der Waals surface area contributed by atoms with Crippen LogP contribution in [-0.2, 0) is 22.9 Å². The van der Waals surface area contributed by atoms with Gasteiger partial charge in [-0.3, -0.25) is 4.79 Å². The number of rotatable bonds is 4. The van der Waals surface area contributed by atoms with Crippen molar-refractivity contribution in [1.29, 1.82) is 0 Å². The van der Waals surface area contributed by atoms with Crippen molar-refractivity contribution in [3.05, 3.63) is 52.5 Å². The Morgan fingerprint density at radius 1 is 1.13 bits per heavy atom. The first-order valence-electron chi connectivity index (χ1n) is 10.5. The smallest absolute Gasteiger partial charge is 0.253 e. The van der Waals surface area contributed by atoms with E-state index < -0.39 is 10.0 Å². The van der Waals surface area contributed by atoms with Gasteiger partial charge in [-0.25, -0.2) is 13.1 Å². The molecule has 0 radical (unpaired) electrons. The normalized spacial score (nSPS) is 17.9. The molecule has 1 aliphatic heterocycles. The van der Waals surface area contributed by atoms with Crippen LogP contribution in [0, 0.1) is 0 Å². The lowest BCUT2D eigenvalue weighted by Crippen LogP contribution is -2.46. The Kier molecular flexibility index (Phi) is 5.16. The van der Waals surface area contributed by atoms with Crippen molar-refractivity contribution < 1.29 is 13.2 Å². The van der Waals surface area contributed by atoms with Crippen molar-refractivity contribution >= 4 is 38.2 Å². The van der Waals surface area contributed by atoms with Gasteiger partial charge in [0.2, 0.25) is 10.0 Å². The molecule has 0 unspecified atom stereocenters. The van der Waals surface area contributed by atoms with Gasteiger partial charge in [0.1, 0.15) is 4.21 Å². The number of H-pyrrole nitrogens is 1. The second-order valence-electron chi connectivity index (χ2n) is 8.17. The van der Waals surface area contributed by atoms with Crippen LogP contribution in [0.1, 0.15) is 47.3 Å². The average Bonchev–Trinajstić information content (AvgIpc) is 3.42. The lowest BCUT2D eigenvalue weighted by Gasteiger charge is -2.32. The minimum absolute atomic E-state index is 0.0298. The van der Waals surface area contributed by atoms with Gasteiger partial charge in [0.25, 0.3) is 5.91 Å². The molecule has 0 bridgehead atoms. The highest BCUT2D eigenvalue weighted by Gasteiger charge is 2.28. The molecule has 1 saturated heterocycles. The maximum absolute atomic E-state index is 13.1. The van der Waals surface area contributed by atoms with Gasteiger partial charge in [-0.2, -0.15) is 0 Å². The Balaban J connectivity index is 1.27. The van der Waals surface area contributed by atoms with E-state index in [1.54, 1.807) is 17.5 Å². The van der Waals surface area contributed by atoms with E-state index in [-0.39, 0.29) is 11.9 Å². The molecule has 1 aliphatic carbocycles. The summed E-state index contributed by atoms with van der Waals surface area (Å²) in [7, 11) is -3.47. The zero-order valence-electron chi connectivity index (χ0n) is 16.7. The van der Waals surface area contributed by atoms with Crippen molar-refractivity contribution in [2.24, 2.45) is 0 Å². The van der Waals surface area contributed by atoms with Crippen LogP contribution in [-0.4, -0.2) is 43.3 Å². The molecule has 158 valence electrons. The van der Waals surface area contributed by atoms with Gasteiger partial charge in [0.05, 0.1) is 0 Å². The van der Waals surface area contributed by atoms with Gasteiger partial charge in [-0.1, -0.05) is 6.07 Å². The van der Waals surface area contributed by atoms with E-state index in [1.165, 1.54) is 40.8 Å². The van der Waals surface area contributed by atoms with E-state index in [9.17, 15) is 13.2 Å². The van der Waals surface area contributed by atoms with Gasteiger partial charge in [-0.05, 0) is 73.7 Å². The molecule has 2 aromatic heterocycles. The van der Waals surface area contributed by atoms with Crippen LogP contribution in [0.2, 0.25) is 0 Å². The fraction of sp³-hybridized carbons (Fsp3) is 0.409. The Bertz CT molecular complexity index is 1170. The maximum Gasteiger partial charge on any atom is 0.253 e. The van der Waals surface area contributed by atoms with E-state index in [0.29, 0.717) is 35.7 Å². The number of aryl methyl sites for hydroxylation is 2. The fourth-order valence-corrected chi connectivity index (χ4v) is 6.93. The number of hydrogen-bond acceptors (Lipinski definition) is 4. The fourth-order valence-electron chi connectivity index (χ4n) is 4.62. The van der Waals surface area contributed by atoms with Gasteiger partial charge in [0, 0.05) is 41.3 Å². The van der Waals surface area contributed by atoms with Gasteiger partial charge >= 0.3 is 0 Å². The number of carbonyl (C=O) groups excluding carboxylic acids is 1. The van der Waals surface area contributed by atoms with E-state index >= 15 is 0 Å². The van der Waals surface area contributed by atoms with Crippen LogP contribution < -0.4 is 4.72 Å². The third kappa shape index (κ3) is 3.68. The zero-order chi connectivity index (χ0) is 20.7. The van der Waals surface area contributed by atoms with Crippen molar-refractivity contribution in [3.8, 4) is 0 Å². The number of hydrogen-bond donors (Lipinski definition) is 2. The summed E-state index contributed by atoms with van der Waals surface area (Å²) in [6.07, 6.45) is 5.82. The molecule has 1 aromatic carbocycles. The van der Waals surface area contributed by atoms with Crippen molar-refractivity contribution in [2.45, 2.75) is 48.8 Å². The third-order valence-electron chi connectivity index (χ3n) is 6.21. The number of fused-ring (bicyclic) bond motifs is 3. The van der Waals surface area contributed by atoms with E-state index in [0.717, 1.165) is 18.4 Å². The molecule has 3 heterocycles. The van der Waals surface area contributed by atoms with Crippen molar-refractivity contribution in [2.75, 3.05) is 13.1 Å².